The number of quaternary nitrogens is 1. The Balaban J connectivity index is 1.69. The van der Waals surface area contributed by atoms with Crippen molar-refractivity contribution < 1.29 is 59.4 Å². The summed E-state index contributed by atoms with van der Waals surface area (Å²) in [5.41, 5.74) is -0.682. The number of carbonyl (C=O) groups excluding carboxylic acids is 3. The number of hydrogen-bond donors (Lipinski definition) is 0. The molecule has 13 heteroatoms. The van der Waals surface area contributed by atoms with Crippen LogP contribution < -0.4 is 0 Å². The molecule has 7 nitrogen and oxygen atoms in total. The number of carbonyl (C=O) groups is 3. The monoisotopic (exact) mass is 766 g/mol. The lowest BCUT2D eigenvalue weighted by molar-refractivity contribution is -0.941. The van der Waals surface area contributed by atoms with Gasteiger partial charge < -0.3 is 18.7 Å². The molecule has 4 aromatic carbocycles. The molecule has 0 aliphatic heterocycles. The van der Waals surface area contributed by atoms with Crippen LogP contribution in [-0.4, -0.2) is 61.8 Å². The van der Waals surface area contributed by atoms with Gasteiger partial charge in [0.1, 0.15) is 46.0 Å². The van der Waals surface area contributed by atoms with Gasteiger partial charge in [0.15, 0.2) is 0 Å². The molecule has 0 spiro atoms. The predicted octanol–water partition coefficient (Wildman–Crippen LogP) is 9.54. The summed E-state index contributed by atoms with van der Waals surface area (Å²) in [6, 6.07) is 19.8. The maximum atomic E-state index is 14.3. The first-order valence-electron chi connectivity index (χ1n) is 16.9. The lowest BCUT2D eigenvalue weighted by Gasteiger charge is -2.39. The number of rotatable bonds is 17. The third-order valence-electron chi connectivity index (χ3n) is 8.79. The van der Waals surface area contributed by atoms with Crippen molar-refractivity contribution in [2.24, 2.45) is 0 Å². The van der Waals surface area contributed by atoms with Crippen LogP contribution in [0.15, 0.2) is 111 Å². The van der Waals surface area contributed by atoms with Gasteiger partial charge in [-0.2, -0.15) is 26.3 Å². The molecule has 0 radical (unpaired) electrons. The van der Waals surface area contributed by atoms with Gasteiger partial charge in [-0.15, -0.1) is 0 Å². The Bertz CT molecular complexity index is 1820. The van der Waals surface area contributed by atoms with Crippen molar-refractivity contribution in [1.29, 1.82) is 0 Å². The highest BCUT2D eigenvalue weighted by Gasteiger charge is 2.40. The lowest BCUT2D eigenvalue weighted by atomic mass is 10.0. The van der Waals surface area contributed by atoms with E-state index in [2.05, 4.69) is 19.7 Å². The minimum atomic E-state index is -5.05. The summed E-state index contributed by atoms with van der Waals surface area (Å²) in [6.45, 7) is 8.17. The van der Waals surface area contributed by atoms with E-state index in [-0.39, 0.29) is 36.3 Å². The molecule has 0 N–H and O–H groups in total. The van der Waals surface area contributed by atoms with Gasteiger partial charge in [-0.05, 0) is 71.3 Å². The van der Waals surface area contributed by atoms with E-state index >= 15 is 0 Å². The van der Waals surface area contributed by atoms with Crippen molar-refractivity contribution in [2.75, 3.05) is 39.5 Å². The molecule has 0 bridgehead atoms. The van der Waals surface area contributed by atoms with Gasteiger partial charge in [0.25, 0.3) is 0 Å². The van der Waals surface area contributed by atoms with Gasteiger partial charge in [-0.3, -0.25) is 0 Å². The molecule has 0 saturated carbocycles. The van der Waals surface area contributed by atoms with E-state index in [1.165, 1.54) is 36.4 Å². The maximum Gasteiger partial charge on any atom is 0.416 e. The second-order valence-electron chi connectivity index (χ2n) is 12.4. The zero-order chi connectivity index (χ0) is 40.2. The van der Waals surface area contributed by atoms with Crippen LogP contribution in [0.5, 0.6) is 0 Å². The molecule has 0 saturated heterocycles. The molecule has 0 fully saturated rings. The topological polar surface area (TPSA) is 78.9 Å². The Morgan fingerprint density at radius 3 is 1.16 bits per heavy atom. The quantitative estimate of drug-likeness (QED) is 0.0461. The molecule has 0 heterocycles. The summed E-state index contributed by atoms with van der Waals surface area (Å²) >= 11 is 0. The van der Waals surface area contributed by atoms with Crippen LogP contribution >= 0.6 is 0 Å². The fourth-order valence-corrected chi connectivity index (χ4v) is 5.62. The van der Waals surface area contributed by atoms with E-state index in [9.17, 15) is 40.7 Å². The first-order valence-corrected chi connectivity index (χ1v) is 16.9. The van der Waals surface area contributed by atoms with E-state index in [1.54, 1.807) is 54.6 Å². The predicted molar refractivity (Wildman–Crippen MR) is 195 cm³/mol. The summed E-state index contributed by atoms with van der Waals surface area (Å²) in [6.07, 6.45) is -5.32. The maximum absolute atomic E-state index is 14.3. The van der Waals surface area contributed by atoms with Crippen LogP contribution in [0.1, 0.15) is 64.5 Å². The van der Waals surface area contributed by atoms with Crippen LogP contribution in [-0.2, 0) is 33.1 Å². The molecule has 0 aromatic heterocycles. The Labute approximate surface area is 314 Å². The molecule has 4 rings (SSSR count). The fourth-order valence-electron chi connectivity index (χ4n) is 5.62. The molecular formula is C42H38F6NO6+. The van der Waals surface area contributed by atoms with E-state index in [0.29, 0.717) is 18.2 Å². The molecule has 288 valence electrons. The summed E-state index contributed by atoms with van der Waals surface area (Å²) in [4.78, 5) is 38.9. The molecule has 0 atom stereocenters. The number of benzene rings is 4. The Morgan fingerprint density at radius 1 is 0.527 bits per heavy atom. The zero-order valence-corrected chi connectivity index (χ0v) is 29.6. The standard InChI is InChI=1S/C42H38F6NO6/c1-4-29-7-13-32(14-8-29)38(50)53-24-21-49(22-25-54-39(51)33-15-9-30(5-2)10-16-33,23-26-55-40(52)34-17-11-31(6-3)12-18-34)28-35-27-36(41(43,44)45)19-20-37(35)42(46,47)48/h4-20,27H,1-3,21-26,28H2/q+1. The highest BCUT2D eigenvalue weighted by Crippen LogP contribution is 2.38. The highest BCUT2D eigenvalue weighted by atomic mass is 19.4. The van der Waals surface area contributed by atoms with Crippen LogP contribution in [0.3, 0.4) is 0 Å². The Morgan fingerprint density at radius 2 is 0.873 bits per heavy atom. The third kappa shape index (κ3) is 11.8. The molecule has 55 heavy (non-hydrogen) atoms. The highest BCUT2D eigenvalue weighted by molar-refractivity contribution is 5.90. The van der Waals surface area contributed by atoms with Gasteiger partial charge in [0.05, 0.1) is 27.8 Å². The average Bonchev–Trinajstić information content (AvgIpc) is 3.17. The average molecular weight is 767 g/mol. The molecule has 0 aliphatic rings. The second-order valence-corrected chi connectivity index (χ2v) is 12.4. The molecular weight excluding hydrogens is 728 g/mol. The van der Waals surface area contributed by atoms with Crippen molar-refractivity contribution >= 4 is 36.1 Å². The van der Waals surface area contributed by atoms with E-state index in [0.717, 1.165) is 16.7 Å². The van der Waals surface area contributed by atoms with E-state index in [1.807, 2.05) is 0 Å². The summed E-state index contributed by atoms with van der Waals surface area (Å²) in [7, 11) is 0. The van der Waals surface area contributed by atoms with Crippen LogP contribution in [0.4, 0.5) is 26.3 Å². The molecule has 0 unspecified atom stereocenters. The number of halogens is 6. The van der Waals surface area contributed by atoms with Gasteiger partial charge in [-0.1, -0.05) is 74.4 Å². The molecule has 4 aromatic rings. The minimum absolute atomic E-state index is 0.161. The lowest BCUT2D eigenvalue weighted by Crippen LogP contribution is -2.53. The minimum Gasteiger partial charge on any atom is -0.456 e. The number of nitrogens with zero attached hydrogens (tertiary/aromatic N) is 1. The normalized spacial score (nSPS) is 11.7. The van der Waals surface area contributed by atoms with Crippen molar-refractivity contribution in [3.63, 3.8) is 0 Å². The number of ether oxygens (including phenoxy) is 3. The van der Waals surface area contributed by atoms with Crippen molar-refractivity contribution in [3.8, 4) is 0 Å². The van der Waals surface area contributed by atoms with E-state index < -0.39 is 77.8 Å². The summed E-state index contributed by atoms with van der Waals surface area (Å²) in [5.74, 6) is -2.31. The second kappa shape index (κ2) is 18.4. The van der Waals surface area contributed by atoms with Gasteiger partial charge in [0.2, 0.25) is 0 Å². The molecule has 0 amide bonds. The van der Waals surface area contributed by atoms with Crippen molar-refractivity contribution in [2.45, 2.75) is 18.9 Å². The number of alkyl halides is 6. The Kier molecular flexibility index (Phi) is 14.0. The summed E-state index contributed by atoms with van der Waals surface area (Å²) in [5, 5.41) is 0. The van der Waals surface area contributed by atoms with Gasteiger partial charge in [-0.25, -0.2) is 14.4 Å². The SMILES string of the molecule is C=Cc1ccc(C(=O)OCC[N+](CCOC(=O)c2ccc(C=C)cc2)(CCOC(=O)c2ccc(C=C)cc2)Cc2cc(C(F)(F)F)ccc2C(F)(F)F)cc1. The van der Waals surface area contributed by atoms with Crippen molar-refractivity contribution in [3.05, 3.63) is 161 Å². The number of hydrogen-bond acceptors (Lipinski definition) is 6. The van der Waals surface area contributed by atoms with Crippen LogP contribution in [0, 0.1) is 0 Å². The molecule has 0 aliphatic carbocycles. The first-order chi connectivity index (χ1) is 26.1. The third-order valence-corrected chi connectivity index (χ3v) is 8.79. The van der Waals surface area contributed by atoms with Crippen LogP contribution in [0.2, 0.25) is 0 Å². The number of esters is 3. The van der Waals surface area contributed by atoms with Gasteiger partial charge in [0, 0.05) is 5.56 Å². The summed E-state index contributed by atoms with van der Waals surface area (Å²) < 4.78 is 100. The van der Waals surface area contributed by atoms with Crippen LogP contribution in [0.25, 0.3) is 18.2 Å². The largest absolute Gasteiger partial charge is 0.456 e. The van der Waals surface area contributed by atoms with E-state index in [4.69, 9.17) is 14.2 Å². The fraction of sp³-hybridized carbons (Fsp3) is 0.214. The smallest absolute Gasteiger partial charge is 0.416 e. The Hall–Kier alpha value is -5.95. The first kappa shape index (κ1) is 41.8. The zero-order valence-electron chi connectivity index (χ0n) is 29.6. The van der Waals surface area contributed by atoms with Crippen molar-refractivity contribution in [1.82, 2.24) is 0 Å². The van der Waals surface area contributed by atoms with Gasteiger partial charge >= 0.3 is 30.3 Å².